The molecule has 2 aliphatic heterocycles. The Kier molecular flexibility index (Phi) is 7.67. The Labute approximate surface area is 239 Å². The number of carboxylic acids is 1. The Morgan fingerprint density at radius 2 is 1.93 bits per heavy atom. The zero-order valence-electron chi connectivity index (χ0n) is 21.7. The van der Waals surface area contributed by atoms with Crippen molar-refractivity contribution < 1.29 is 23.8 Å². The fourth-order valence-electron chi connectivity index (χ4n) is 5.35. The van der Waals surface area contributed by atoms with E-state index in [4.69, 9.17) is 21.3 Å². The van der Waals surface area contributed by atoms with Crippen LogP contribution in [0, 0.1) is 11.7 Å². The van der Waals surface area contributed by atoms with E-state index >= 15 is 0 Å². The zero-order valence-corrected chi connectivity index (χ0v) is 23.3. The number of Topliss-reactive ketones (excluding diaryl/α,β-unsaturated/α-hetero) is 1. The molecule has 1 N–H and O–H groups in total. The number of ketones is 1. The molecule has 6 rings (SSSR count). The molecule has 2 aliphatic rings. The van der Waals surface area contributed by atoms with Crippen molar-refractivity contribution in [2.45, 2.75) is 44.9 Å². The molecule has 2 fully saturated rings. The molecule has 0 spiro atoms. The number of piperidine rings is 1. The first kappa shape index (κ1) is 27.0. The molecule has 0 unspecified atom stereocenters. The first-order valence-electron chi connectivity index (χ1n) is 13.3. The number of likely N-dealkylation sites (tertiary alicyclic amines) is 1. The number of fused-ring (bicyclic) bond motifs is 1. The van der Waals surface area contributed by atoms with Crippen molar-refractivity contribution >= 4 is 45.7 Å². The molecular weight excluding hydrogens is 555 g/mol. The smallest absolute Gasteiger partial charge is 0.335 e. The highest BCUT2D eigenvalue weighted by Crippen LogP contribution is 2.28. The van der Waals surface area contributed by atoms with Crippen LogP contribution in [0.25, 0.3) is 11.0 Å². The van der Waals surface area contributed by atoms with E-state index in [1.54, 1.807) is 30.3 Å². The minimum absolute atomic E-state index is 0.0445. The quantitative estimate of drug-likeness (QED) is 0.262. The summed E-state index contributed by atoms with van der Waals surface area (Å²) in [5.41, 5.74) is 2.97. The van der Waals surface area contributed by atoms with Crippen molar-refractivity contribution in [2.75, 3.05) is 19.7 Å². The van der Waals surface area contributed by atoms with Gasteiger partial charge in [-0.2, -0.15) is 0 Å². The van der Waals surface area contributed by atoms with Gasteiger partial charge in [0.2, 0.25) is 0 Å². The highest BCUT2D eigenvalue weighted by atomic mass is 35.5. The van der Waals surface area contributed by atoms with Crippen molar-refractivity contribution in [2.24, 2.45) is 5.92 Å². The van der Waals surface area contributed by atoms with Gasteiger partial charge in [0.25, 0.3) is 0 Å². The van der Waals surface area contributed by atoms with E-state index in [9.17, 15) is 19.1 Å². The van der Waals surface area contributed by atoms with Gasteiger partial charge in [0.1, 0.15) is 11.6 Å². The molecule has 11 heteroatoms. The highest BCUT2D eigenvalue weighted by Gasteiger charge is 2.29. The van der Waals surface area contributed by atoms with Crippen LogP contribution in [0.3, 0.4) is 0 Å². The number of aromatic carboxylic acids is 1. The van der Waals surface area contributed by atoms with Crippen LogP contribution in [0.15, 0.2) is 41.8 Å². The number of carbonyl (C=O) groups is 2. The molecule has 0 amide bonds. The van der Waals surface area contributed by atoms with Crippen molar-refractivity contribution in [1.82, 2.24) is 19.4 Å². The van der Waals surface area contributed by atoms with E-state index in [1.165, 1.54) is 17.4 Å². The topological polar surface area (TPSA) is 97.5 Å². The van der Waals surface area contributed by atoms with E-state index in [0.717, 1.165) is 43.0 Å². The highest BCUT2D eigenvalue weighted by molar-refractivity contribution is 7.11. The average Bonchev–Trinajstić information content (AvgIpc) is 3.52. The number of thiazole rings is 1. The van der Waals surface area contributed by atoms with Gasteiger partial charge in [-0.1, -0.05) is 17.7 Å². The summed E-state index contributed by atoms with van der Waals surface area (Å²) < 4.78 is 21.9. The summed E-state index contributed by atoms with van der Waals surface area (Å²) in [6.45, 7) is 3.48. The van der Waals surface area contributed by atoms with Crippen LogP contribution in [0.2, 0.25) is 5.02 Å². The van der Waals surface area contributed by atoms with Gasteiger partial charge < -0.3 is 14.4 Å². The van der Waals surface area contributed by atoms with E-state index in [-0.39, 0.29) is 29.2 Å². The summed E-state index contributed by atoms with van der Waals surface area (Å²) in [7, 11) is 0. The molecule has 4 heterocycles. The number of hydrogen-bond acceptors (Lipinski definition) is 7. The summed E-state index contributed by atoms with van der Waals surface area (Å²) in [5.74, 6) is -0.535. The number of ether oxygens (including phenoxy) is 1. The number of imidazole rings is 1. The Bertz CT molecular complexity index is 1580. The third-order valence-corrected chi connectivity index (χ3v) is 8.87. The first-order valence-corrected chi connectivity index (χ1v) is 14.6. The number of benzene rings is 2. The van der Waals surface area contributed by atoms with Crippen molar-refractivity contribution in [3.05, 3.63) is 80.3 Å². The fraction of sp³-hybridized carbons (Fsp3) is 0.379. The summed E-state index contributed by atoms with van der Waals surface area (Å²) in [5, 5.41) is 12.1. The third kappa shape index (κ3) is 5.67. The van der Waals surface area contributed by atoms with Crippen LogP contribution >= 0.6 is 22.9 Å². The Hall–Kier alpha value is -3.18. The summed E-state index contributed by atoms with van der Waals surface area (Å²) in [6.07, 6.45) is 2.82. The van der Waals surface area contributed by atoms with Gasteiger partial charge >= 0.3 is 5.97 Å². The predicted octanol–water partition coefficient (Wildman–Crippen LogP) is 5.46. The normalized spacial score (nSPS) is 18.2. The van der Waals surface area contributed by atoms with E-state index < -0.39 is 5.97 Å². The van der Waals surface area contributed by atoms with Gasteiger partial charge in [-0.05, 0) is 68.2 Å². The maximum Gasteiger partial charge on any atom is 0.335 e. The van der Waals surface area contributed by atoms with Crippen LogP contribution in [-0.4, -0.2) is 62.1 Å². The maximum atomic E-state index is 14.2. The molecule has 0 aliphatic carbocycles. The maximum absolute atomic E-state index is 14.2. The molecule has 0 radical (unpaired) electrons. The second-order valence-electron chi connectivity index (χ2n) is 10.4. The first-order chi connectivity index (χ1) is 19.3. The molecule has 4 aromatic rings. The molecule has 2 aromatic heterocycles. The number of rotatable bonds is 9. The van der Waals surface area contributed by atoms with Crippen molar-refractivity contribution in [1.29, 1.82) is 0 Å². The van der Waals surface area contributed by atoms with Crippen molar-refractivity contribution in [3.63, 3.8) is 0 Å². The van der Waals surface area contributed by atoms with Crippen LogP contribution < -0.4 is 0 Å². The largest absolute Gasteiger partial charge is 0.478 e. The van der Waals surface area contributed by atoms with Crippen LogP contribution in [0.4, 0.5) is 4.39 Å². The summed E-state index contributed by atoms with van der Waals surface area (Å²) in [4.78, 5) is 36.4. The summed E-state index contributed by atoms with van der Waals surface area (Å²) >= 11 is 7.16. The van der Waals surface area contributed by atoms with Gasteiger partial charge in [0.05, 0.1) is 41.5 Å². The Morgan fingerprint density at radius 1 is 1.12 bits per heavy atom. The lowest BCUT2D eigenvalue weighted by Crippen LogP contribution is -2.37. The number of nitrogens with zero attached hydrogens (tertiary/aromatic N) is 4. The minimum atomic E-state index is -0.965. The molecule has 2 saturated heterocycles. The lowest BCUT2D eigenvalue weighted by molar-refractivity contribution is -0.0592. The molecule has 2 aromatic carbocycles. The molecule has 1 atom stereocenters. The van der Waals surface area contributed by atoms with Gasteiger partial charge in [-0.15, -0.1) is 11.3 Å². The molecule has 8 nitrogen and oxygen atoms in total. The van der Waals surface area contributed by atoms with Crippen LogP contribution in [0.5, 0.6) is 0 Å². The number of hydrogen-bond donors (Lipinski definition) is 1. The van der Waals surface area contributed by atoms with Gasteiger partial charge in [-0.25, -0.2) is 19.2 Å². The molecule has 0 bridgehead atoms. The van der Waals surface area contributed by atoms with Gasteiger partial charge in [0.15, 0.2) is 10.8 Å². The second-order valence-corrected chi connectivity index (χ2v) is 11.7. The number of halogens is 2. The number of aromatic nitrogens is 3. The van der Waals surface area contributed by atoms with Gasteiger partial charge in [-0.3, -0.25) is 9.69 Å². The average molecular weight is 583 g/mol. The minimum Gasteiger partial charge on any atom is -0.478 e. The molecule has 40 heavy (non-hydrogen) atoms. The lowest BCUT2D eigenvalue weighted by Gasteiger charge is -2.31. The Balaban J connectivity index is 1.10. The standard InChI is InChI=1S/C29H28ClFN4O4S/c30-20-3-1-18(23(31)13-20)11-21-16-40-28(32-21)27(36)17-5-8-34(9-6-17)15-26-33-24-4-2-19(29(37)38)12-25(24)35(26)14-22-7-10-39-22/h1-4,12-13,16-17,22H,5-11,14-15H2,(H,37,38)/t22-/m0/s1. The van der Waals surface area contributed by atoms with Crippen molar-refractivity contribution in [3.8, 4) is 0 Å². The summed E-state index contributed by atoms with van der Waals surface area (Å²) in [6, 6.07) is 9.60. The van der Waals surface area contributed by atoms with E-state index in [0.29, 0.717) is 53.6 Å². The SMILES string of the molecule is O=C(O)c1ccc2nc(CN3CCC(C(=O)c4nc(Cc5ccc(Cl)cc5F)cs4)CC3)n(C[C@@H]3CCO3)c2c1. The van der Waals surface area contributed by atoms with E-state index in [1.807, 2.05) is 5.38 Å². The van der Waals surface area contributed by atoms with Gasteiger partial charge in [0, 0.05) is 29.3 Å². The second kappa shape index (κ2) is 11.4. The third-order valence-electron chi connectivity index (χ3n) is 7.73. The molecule has 0 saturated carbocycles. The zero-order chi connectivity index (χ0) is 27.8. The monoisotopic (exact) mass is 582 g/mol. The number of carbonyl (C=O) groups excluding carboxylic acids is 1. The fourth-order valence-corrected chi connectivity index (χ4v) is 6.35. The number of carboxylic acid groups (broad SMARTS) is 1. The van der Waals surface area contributed by atoms with E-state index in [2.05, 4.69) is 14.5 Å². The van der Waals surface area contributed by atoms with Crippen LogP contribution in [0.1, 0.15) is 56.5 Å². The van der Waals surface area contributed by atoms with Crippen LogP contribution in [-0.2, 0) is 24.2 Å². The molecule has 208 valence electrons. The Morgan fingerprint density at radius 3 is 2.62 bits per heavy atom. The predicted molar refractivity (Wildman–Crippen MR) is 150 cm³/mol. The molecular formula is C29H28ClFN4O4S. The lowest BCUT2D eigenvalue weighted by atomic mass is 9.92.